The number of benzene rings is 1. The molecule has 0 aliphatic heterocycles. The number of phosphoric ester groups is 1. The lowest BCUT2D eigenvalue weighted by Gasteiger charge is -2.17. The molecule has 0 spiro atoms. The number of hydrogen-bond donors (Lipinski definition) is 0. The van der Waals surface area contributed by atoms with Crippen LogP contribution in [0.5, 0.6) is 5.75 Å². The zero-order valence-electron chi connectivity index (χ0n) is 15.1. The fraction of sp³-hybridized carbons (Fsp3) is 0.412. The predicted octanol–water partition coefficient (Wildman–Crippen LogP) is 3.38. The van der Waals surface area contributed by atoms with Crippen LogP contribution < -0.4 is 10.1 Å². The zero-order chi connectivity index (χ0) is 19.3. The van der Waals surface area contributed by atoms with Gasteiger partial charge in [-0.15, -0.1) is 0 Å². The van der Waals surface area contributed by atoms with Gasteiger partial charge >= 0.3 is 19.4 Å². The van der Waals surface area contributed by atoms with Crippen molar-refractivity contribution in [1.29, 1.82) is 0 Å². The number of aryl methyl sites for hydroxylation is 1. The molecule has 9 heteroatoms. The SMILES string of the molecule is CCOP(=O)(OCC)Oc1ccc2c(C)c(CC(=O)OC)c(=O)oc2c1. The van der Waals surface area contributed by atoms with Gasteiger partial charge in [-0.3, -0.25) is 13.8 Å². The van der Waals surface area contributed by atoms with Crippen molar-refractivity contribution in [3.05, 3.63) is 39.7 Å². The molecule has 2 rings (SSSR count). The average Bonchev–Trinajstić information content (AvgIpc) is 2.58. The number of methoxy groups -OCH3 is 1. The number of rotatable bonds is 8. The molecule has 1 aromatic heterocycles. The maximum Gasteiger partial charge on any atom is 0.530 e. The van der Waals surface area contributed by atoms with Gasteiger partial charge in [-0.1, -0.05) is 0 Å². The molecule has 1 heterocycles. The van der Waals surface area contributed by atoms with Crippen molar-refractivity contribution in [3.8, 4) is 5.75 Å². The van der Waals surface area contributed by atoms with Crippen LogP contribution in [0.25, 0.3) is 11.0 Å². The Kier molecular flexibility index (Phi) is 6.58. The van der Waals surface area contributed by atoms with Gasteiger partial charge in [0.2, 0.25) is 0 Å². The summed E-state index contributed by atoms with van der Waals surface area (Å²) in [7, 11) is -2.51. The van der Waals surface area contributed by atoms with E-state index in [0.717, 1.165) is 0 Å². The smallest absolute Gasteiger partial charge is 0.469 e. The zero-order valence-corrected chi connectivity index (χ0v) is 16.0. The Hall–Kier alpha value is -2.15. The van der Waals surface area contributed by atoms with E-state index in [4.69, 9.17) is 18.0 Å². The molecular formula is C17H21O8P. The highest BCUT2D eigenvalue weighted by Crippen LogP contribution is 2.49. The summed E-state index contributed by atoms with van der Waals surface area (Å²) < 4.78 is 37.8. The first kappa shape index (κ1) is 20.2. The Balaban J connectivity index is 2.43. The molecule has 8 nitrogen and oxygen atoms in total. The molecule has 0 atom stereocenters. The summed E-state index contributed by atoms with van der Waals surface area (Å²) in [6, 6.07) is 4.63. The monoisotopic (exact) mass is 384 g/mol. The lowest BCUT2D eigenvalue weighted by Crippen LogP contribution is -2.16. The number of fused-ring (bicyclic) bond motifs is 1. The van der Waals surface area contributed by atoms with Crippen molar-refractivity contribution in [3.63, 3.8) is 0 Å². The van der Waals surface area contributed by atoms with Crippen molar-refractivity contribution in [1.82, 2.24) is 0 Å². The number of phosphoric acid groups is 1. The minimum atomic E-state index is -3.76. The van der Waals surface area contributed by atoms with Crippen LogP contribution in [0, 0.1) is 6.92 Å². The van der Waals surface area contributed by atoms with E-state index in [1.807, 2.05) is 0 Å². The van der Waals surface area contributed by atoms with Crippen LogP contribution >= 0.6 is 7.82 Å². The van der Waals surface area contributed by atoms with E-state index in [1.54, 1.807) is 32.9 Å². The summed E-state index contributed by atoms with van der Waals surface area (Å²) in [4.78, 5) is 23.7. The first-order valence-electron chi connectivity index (χ1n) is 8.05. The molecule has 0 radical (unpaired) electrons. The quantitative estimate of drug-likeness (QED) is 0.388. The van der Waals surface area contributed by atoms with Crippen LogP contribution in [-0.4, -0.2) is 26.3 Å². The molecule has 0 unspecified atom stereocenters. The molecule has 0 aliphatic rings. The molecular weight excluding hydrogens is 363 g/mol. The van der Waals surface area contributed by atoms with Crippen LogP contribution in [0.1, 0.15) is 25.0 Å². The summed E-state index contributed by atoms with van der Waals surface area (Å²) in [6.45, 7) is 5.34. The molecule has 142 valence electrons. The minimum absolute atomic E-state index is 0.149. The van der Waals surface area contributed by atoms with E-state index < -0.39 is 19.4 Å². The first-order chi connectivity index (χ1) is 12.3. The topological polar surface area (TPSA) is 101 Å². The van der Waals surface area contributed by atoms with E-state index in [-0.39, 0.29) is 36.5 Å². The van der Waals surface area contributed by atoms with Gasteiger partial charge in [0.05, 0.1) is 32.3 Å². The molecule has 1 aromatic carbocycles. The average molecular weight is 384 g/mol. The van der Waals surface area contributed by atoms with Gasteiger partial charge in [0, 0.05) is 11.5 Å². The Morgan fingerprint density at radius 2 is 1.85 bits per heavy atom. The molecule has 0 aliphatic carbocycles. The lowest BCUT2D eigenvalue weighted by molar-refractivity contribution is -0.139. The minimum Gasteiger partial charge on any atom is -0.469 e. The maximum atomic E-state index is 12.5. The number of esters is 1. The standard InChI is InChI=1S/C17H21O8P/c1-5-22-26(20,23-6-2)25-12-7-8-13-11(3)14(10-16(18)21-4)17(19)24-15(13)9-12/h7-9H,5-6,10H2,1-4H3. The highest BCUT2D eigenvalue weighted by atomic mass is 31.2. The van der Waals surface area contributed by atoms with E-state index in [2.05, 4.69) is 4.74 Å². The van der Waals surface area contributed by atoms with Gasteiger partial charge in [0.25, 0.3) is 0 Å². The highest BCUT2D eigenvalue weighted by Gasteiger charge is 2.27. The van der Waals surface area contributed by atoms with E-state index in [0.29, 0.717) is 10.9 Å². The number of hydrogen-bond acceptors (Lipinski definition) is 8. The van der Waals surface area contributed by atoms with Gasteiger partial charge < -0.3 is 13.7 Å². The second-order valence-electron chi connectivity index (χ2n) is 5.28. The molecule has 26 heavy (non-hydrogen) atoms. The van der Waals surface area contributed by atoms with Gasteiger partial charge in [0.1, 0.15) is 11.3 Å². The Labute approximate surface area is 150 Å². The van der Waals surface area contributed by atoms with Crippen LogP contribution in [-0.2, 0) is 29.6 Å². The Morgan fingerprint density at radius 3 is 2.42 bits per heavy atom. The molecule has 0 N–H and O–H groups in total. The lowest BCUT2D eigenvalue weighted by atomic mass is 10.0. The second-order valence-corrected chi connectivity index (χ2v) is 6.87. The van der Waals surface area contributed by atoms with Crippen molar-refractivity contribution in [2.45, 2.75) is 27.2 Å². The van der Waals surface area contributed by atoms with Crippen molar-refractivity contribution in [2.75, 3.05) is 20.3 Å². The maximum absolute atomic E-state index is 12.5. The number of carbonyl (C=O) groups is 1. The summed E-state index contributed by atoms with van der Waals surface area (Å²) in [5.74, 6) is -0.361. The fourth-order valence-corrected chi connectivity index (χ4v) is 3.57. The number of ether oxygens (including phenoxy) is 1. The van der Waals surface area contributed by atoms with Crippen molar-refractivity contribution >= 4 is 24.8 Å². The van der Waals surface area contributed by atoms with E-state index in [1.165, 1.54) is 13.2 Å². The summed E-state index contributed by atoms with van der Waals surface area (Å²) in [6.07, 6.45) is -0.178. The van der Waals surface area contributed by atoms with E-state index >= 15 is 0 Å². The molecule has 2 aromatic rings. The molecule has 0 fully saturated rings. The molecule has 0 amide bonds. The van der Waals surface area contributed by atoms with Gasteiger partial charge in [-0.2, -0.15) is 0 Å². The fourth-order valence-electron chi connectivity index (χ4n) is 2.39. The molecule has 0 saturated heterocycles. The van der Waals surface area contributed by atoms with Gasteiger partial charge in [-0.05, 0) is 38.5 Å². The van der Waals surface area contributed by atoms with Crippen molar-refractivity contribution in [2.24, 2.45) is 0 Å². The molecule has 0 saturated carbocycles. The van der Waals surface area contributed by atoms with E-state index in [9.17, 15) is 14.2 Å². The van der Waals surface area contributed by atoms with Crippen LogP contribution in [0.2, 0.25) is 0 Å². The third-order valence-electron chi connectivity index (χ3n) is 3.60. The first-order valence-corrected chi connectivity index (χ1v) is 9.51. The molecule has 0 bridgehead atoms. The highest BCUT2D eigenvalue weighted by molar-refractivity contribution is 7.48. The van der Waals surface area contributed by atoms with Crippen LogP contribution in [0.15, 0.2) is 27.4 Å². The largest absolute Gasteiger partial charge is 0.530 e. The third kappa shape index (κ3) is 4.52. The number of carbonyl (C=O) groups excluding carboxylic acids is 1. The Bertz CT molecular complexity index is 892. The van der Waals surface area contributed by atoms with Crippen molar-refractivity contribution < 1.29 is 32.1 Å². The predicted molar refractivity (Wildman–Crippen MR) is 94.4 cm³/mol. The third-order valence-corrected chi connectivity index (χ3v) is 5.18. The van der Waals surface area contributed by atoms with Gasteiger partial charge in [-0.25, -0.2) is 9.36 Å². The summed E-state index contributed by atoms with van der Waals surface area (Å²) in [5.41, 5.74) is 0.423. The van der Waals surface area contributed by atoms with Gasteiger partial charge in [0.15, 0.2) is 0 Å². The normalized spacial score (nSPS) is 11.5. The second kappa shape index (κ2) is 8.49. The summed E-state index contributed by atoms with van der Waals surface area (Å²) >= 11 is 0. The summed E-state index contributed by atoms with van der Waals surface area (Å²) in [5, 5.41) is 0.624. The Morgan fingerprint density at radius 1 is 1.19 bits per heavy atom. The van der Waals surface area contributed by atoms with Crippen LogP contribution in [0.3, 0.4) is 0 Å². The van der Waals surface area contributed by atoms with Crippen LogP contribution in [0.4, 0.5) is 0 Å².